The highest BCUT2D eigenvalue weighted by molar-refractivity contribution is 7.93. The molecule has 1 aromatic carbocycles. The van der Waals surface area contributed by atoms with Crippen molar-refractivity contribution in [2.45, 2.75) is 37.1 Å². The van der Waals surface area contributed by atoms with Crippen molar-refractivity contribution in [3.63, 3.8) is 0 Å². The minimum Gasteiger partial charge on any atom is -0.330 e. The molecular formula is C13H22N2OS. The van der Waals surface area contributed by atoms with Gasteiger partial charge in [0.2, 0.25) is 0 Å². The minimum atomic E-state index is -2.28. The Kier molecular flexibility index (Phi) is 5.65. The first-order chi connectivity index (χ1) is 8.10. The highest BCUT2D eigenvalue weighted by Gasteiger charge is 2.10. The molecule has 1 rings (SSSR count). The van der Waals surface area contributed by atoms with E-state index in [0.29, 0.717) is 6.54 Å². The highest BCUT2D eigenvalue weighted by atomic mass is 32.2. The first-order valence-electron chi connectivity index (χ1n) is 6.06. The van der Waals surface area contributed by atoms with Crippen molar-refractivity contribution >= 4 is 9.73 Å². The molecule has 0 aliphatic carbocycles. The zero-order valence-corrected chi connectivity index (χ0v) is 11.5. The topological polar surface area (TPSA) is 55.4 Å². The molecule has 0 aliphatic heterocycles. The van der Waals surface area contributed by atoms with E-state index in [1.165, 1.54) is 0 Å². The molecule has 0 radical (unpaired) electrons. The predicted molar refractivity (Wildman–Crippen MR) is 73.6 cm³/mol. The fourth-order valence-electron chi connectivity index (χ4n) is 1.79. The van der Waals surface area contributed by atoms with Crippen LogP contribution in [0, 0.1) is 0 Å². The largest absolute Gasteiger partial charge is 0.330 e. The molecule has 0 saturated heterocycles. The van der Waals surface area contributed by atoms with Crippen molar-refractivity contribution < 1.29 is 4.21 Å². The van der Waals surface area contributed by atoms with Crippen LogP contribution in [-0.2, 0) is 9.73 Å². The molecule has 0 aromatic heterocycles. The Bertz CT molecular complexity index is 430. The van der Waals surface area contributed by atoms with Crippen LogP contribution in [-0.4, -0.2) is 23.1 Å². The number of benzene rings is 1. The second-order valence-corrected chi connectivity index (χ2v) is 6.53. The summed E-state index contributed by atoms with van der Waals surface area (Å²) in [6.07, 6.45) is 4.51. The third kappa shape index (κ3) is 4.48. The van der Waals surface area contributed by atoms with Gasteiger partial charge in [0.1, 0.15) is 0 Å². The van der Waals surface area contributed by atoms with E-state index in [2.05, 4.69) is 11.3 Å². The second kappa shape index (κ2) is 6.77. The number of nitrogens with zero attached hydrogens (tertiary/aromatic N) is 1. The Balaban J connectivity index is 2.98. The molecule has 0 heterocycles. The third-order valence-electron chi connectivity index (χ3n) is 2.65. The summed E-state index contributed by atoms with van der Waals surface area (Å²) in [6.45, 7) is 2.71. The van der Waals surface area contributed by atoms with Gasteiger partial charge in [0.25, 0.3) is 0 Å². The molecule has 0 fully saturated rings. The van der Waals surface area contributed by atoms with Crippen LogP contribution < -0.4 is 5.73 Å². The summed E-state index contributed by atoms with van der Waals surface area (Å²) in [5.41, 5.74) is 5.56. The van der Waals surface area contributed by atoms with Gasteiger partial charge in [-0.25, -0.2) is 8.57 Å². The Morgan fingerprint density at radius 1 is 1.29 bits per heavy atom. The quantitative estimate of drug-likeness (QED) is 0.848. The minimum absolute atomic E-state index is 0.114. The average Bonchev–Trinajstić information content (AvgIpc) is 2.30. The van der Waals surface area contributed by atoms with Gasteiger partial charge in [-0.2, -0.15) is 0 Å². The molecule has 0 aliphatic rings. The van der Waals surface area contributed by atoms with E-state index >= 15 is 0 Å². The first-order valence-corrected chi connectivity index (χ1v) is 7.99. The molecule has 0 bridgehead atoms. The van der Waals surface area contributed by atoms with Crippen molar-refractivity contribution in [1.29, 1.82) is 0 Å². The SMILES string of the molecule is CCCC(CCN)N=[S@@](C)(=O)c1ccccc1. The van der Waals surface area contributed by atoms with Gasteiger partial charge in [-0.15, -0.1) is 0 Å². The van der Waals surface area contributed by atoms with Crippen LogP contribution in [0.25, 0.3) is 0 Å². The number of rotatable bonds is 6. The fourth-order valence-corrected chi connectivity index (χ4v) is 3.36. The van der Waals surface area contributed by atoms with Crippen LogP contribution in [0.5, 0.6) is 0 Å². The first kappa shape index (κ1) is 14.2. The molecule has 0 saturated carbocycles. The lowest BCUT2D eigenvalue weighted by Crippen LogP contribution is -2.14. The Labute approximate surface area is 105 Å². The van der Waals surface area contributed by atoms with Gasteiger partial charge in [-0.1, -0.05) is 31.5 Å². The number of hydrogen-bond acceptors (Lipinski definition) is 3. The van der Waals surface area contributed by atoms with Gasteiger partial charge >= 0.3 is 0 Å². The summed E-state index contributed by atoms with van der Waals surface area (Å²) in [5, 5.41) is 0. The monoisotopic (exact) mass is 254 g/mol. The van der Waals surface area contributed by atoms with Crippen LogP contribution in [0.15, 0.2) is 39.6 Å². The maximum absolute atomic E-state index is 12.5. The number of hydrogen-bond donors (Lipinski definition) is 1. The molecule has 2 N–H and O–H groups in total. The maximum atomic E-state index is 12.5. The van der Waals surface area contributed by atoms with Crippen molar-refractivity contribution in [2.24, 2.45) is 10.1 Å². The van der Waals surface area contributed by atoms with Crippen molar-refractivity contribution in [3.8, 4) is 0 Å². The molecule has 2 atom stereocenters. The summed E-state index contributed by atoms with van der Waals surface area (Å²) >= 11 is 0. The van der Waals surface area contributed by atoms with Crippen LogP contribution in [0.2, 0.25) is 0 Å². The second-order valence-electron chi connectivity index (χ2n) is 4.24. The predicted octanol–water partition coefficient (Wildman–Crippen LogP) is 2.66. The van der Waals surface area contributed by atoms with Crippen LogP contribution in [0.4, 0.5) is 0 Å². The van der Waals surface area contributed by atoms with E-state index in [-0.39, 0.29) is 6.04 Å². The lowest BCUT2D eigenvalue weighted by atomic mass is 10.1. The zero-order chi connectivity index (χ0) is 12.7. The van der Waals surface area contributed by atoms with E-state index < -0.39 is 9.73 Å². The Morgan fingerprint density at radius 2 is 1.94 bits per heavy atom. The van der Waals surface area contributed by atoms with E-state index in [9.17, 15) is 4.21 Å². The smallest absolute Gasteiger partial charge is 0.0725 e. The molecule has 4 heteroatoms. The normalized spacial score (nSPS) is 16.2. The zero-order valence-electron chi connectivity index (χ0n) is 10.6. The van der Waals surface area contributed by atoms with Crippen molar-refractivity contribution in [1.82, 2.24) is 0 Å². The molecule has 1 unspecified atom stereocenters. The van der Waals surface area contributed by atoms with E-state index in [1.54, 1.807) is 6.26 Å². The highest BCUT2D eigenvalue weighted by Crippen LogP contribution is 2.15. The molecule has 3 nitrogen and oxygen atoms in total. The number of nitrogens with two attached hydrogens (primary N) is 1. The van der Waals surface area contributed by atoms with Gasteiger partial charge in [0, 0.05) is 11.2 Å². The molecule has 17 heavy (non-hydrogen) atoms. The molecule has 1 aromatic rings. The Hall–Kier alpha value is -0.870. The summed E-state index contributed by atoms with van der Waals surface area (Å²) in [5.74, 6) is 0. The summed E-state index contributed by atoms with van der Waals surface area (Å²) in [6, 6.07) is 9.57. The standard InChI is InChI=1S/C13H22N2OS/c1-3-7-12(10-11-14)15-17(2,16)13-8-5-4-6-9-13/h4-6,8-9,12H,3,7,10-11,14H2,1-2H3/t12?,17-/m0/s1. The van der Waals surface area contributed by atoms with E-state index in [1.807, 2.05) is 30.3 Å². The molecular weight excluding hydrogens is 232 g/mol. The molecule has 0 amide bonds. The molecule has 0 spiro atoms. The van der Waals surface area contributed by atoms with Crippen LogP contribution in [0.3, 0.4) is 0 Å². The van der Waals surface area contributed by atoms with Gasteiger partial charge in [0.05, 0.1) is 15.8 Å². The van der Waals surface area contributed by atoms with Crippen molar-refractivity contribution in [2.75, 3.05) is 12.8 Å². The summed E-state index contributed by atoms with van der Waals surface area (Å²) in [7, 11) is -2.28. The van der Waals surface area contributed by atoms with Gasteiger partial charge in [-0.3, -0.25) is 0 Å². The van der Waals surface area contributed by atoms with Crippen LogP contribution in [0.1, 0.15) is 26.2 Å². The summed E-state index contributed by atoms with van der Waals surface area (Å²) in [4.78, 5) is 0.804. The lowest BCUT2D eigenvalue weighted by Gasteiger charge is -2.13. The molecule has 96 valence electrons. The van der Waals surface area contributed by atoms with Gasteiger partial charge < -0.3 is 5.73 Å². The maximum Gasteiger partial charge on any atom is 0.0725 e. The third-order valence-corrected chi connectivity index (χ3v) is 4.50. The fraction of sp³-hybridized carbons (Fsp3) is 0.538. The van der Waals surface area contributed by atoms with E-state index in [0.717, 1.165) is 24.2 Å². The lowest BCUT2D eigenvalue weighted by molar-refractivity contribution is 0.569. The van der Waals surface area contributed by atoms with Crippen LogP contribution >= 0.6 is 0 Å². The van der Waals surface area contributed by atoms with Gasteiger partial charge in [-0.05, 0) is 31.5 Å². The Morgan fingerprint density at radius 3 is 2.47 bits per heavy atom. The van der Waals surface area contributed by atoms with E-state index in [4.69, 9.17) is 5.73 Å². The summed E-state index contributed by atoms with van der Waals surface area (Å²) < 4.78 is 17.0. The van der Waals surface area contributed by atoms with Crippen molar-refractivity contribution in [3.05, 3.63) is 30.3 Å². The van der Waals surface area contributed by atoms with Gasteiger partial charge in [0.15, 0.2) is 0 Å². The average molecular weight is 254 g/mol.